The van der Waals surface area contributed by atoms with Crippen LogP contribution in [-0.4, -0.2) is 0 Å². The summed E-state index contributed by atoms with van der Waals surface area (Å²) >= 11 is 7.64. The predicted octanol–water partition coefficient (Wildman–Crippen LogP) is 12.0. The Hall–Kier alpha value is -0.600. The summed E-state index contributed by atoms with van der Waals surface area (Å²) in [6.07, 6.45) is 13.3. The molecule has 194 valence electrons. The van der Waals surface area contributed by atoms with Gasteiger partial charge < -0.3 is 0 Å². The Labute approximate surface area is 233 Å². The molecule has 0 radical (unpaired) electrons. The molecule has 0 fully saturated rings. The van der Waals surface area contributed by atoms with Crippen molar-refractivity contribution >= 4 is 31.9 Å². The molecular formula is C33H48Br2. The van der Waals surface area contributed by atoms with E-state index in [1.54, 1.807) is 11.1 Å². The van der Waals surface area contributed by atoms with Crippen LogP contribution in [-0.2, 0) is 5.41 Å². The summed E-state index contributed by atoms with van der Waals surface area (Å²) in [6.45, 7) is 14.4. The summed E-state index contributed by atoms with van der Waals surface area (Å²) in [5, 5.41) is 0. The molecule has 0 unspecified atom stereocenters. The van der Waals surface area contributed by atoms with Crippen LogP contribution in [0.2, 0.25) is 0 Å². The van der Waals surface area contributed by atoms with Crippen LogP contribution >= 0.6 is 31.9 Å². The van der Waals surface area contributed by atoms with E-state index in [0.717, 1.165) is 23.7 Å². The van der Waals surface area contributed by atoms with E-state index in [-0.39, 0.29) is 5.41 Å². The Morgan fingerprint density at radius 2 is 0.971 bits per heavy atom. The molecule has 2 atom stereocenters. The molecule has 0 spiro atoms. The van der Waals surface area contributed by atoms with Gasteiger partial charge in [0.1, 0.15) is 0 Å². The topological polar surface area (TPSA) is 0 Å². The second kappa shape index (κ2) is 13.3. The van der Waals surface area contributed by atoms with Crippen LogP contribution in [0.3, 0.4) is 0 Å². The van der Waals surface area contributed by atoms with Gasteiger partial charge in [-0.2, -0.15) is 0 Å². The maximum Gasteiger partial charge on any atom is 0.0216 e. The predicted molar refractivity (Wildman–Crippen MR) is 162 cm³/mol. The Balaban J connectivity index is 1.88. The third kappa shape index (κ3) is 7.70. The van der Waals surface area contributed by atoms with Gasteiger partial charge >= 0.3 is 0 Å². The molecule has 0 heterocycles. The van der Waals surface area contributed by atoms with Crippen LogP contribution in [0.5, 0.6) is 0 Å². The highest BCUT2D eigenvalue weighted by Gasteiger charge is 2.43. The van der Waals surface area contributed by atoms with E-state index < -0.39 is 0 Å². The zero-order chi connectivity index (χ0) is 25.6. The van der Waals surface area contributed by atoms with Crippen LogP contribution < -0.4 is 0 Å². The van der Waals surface area contributed by atoms with Gasteiger partial charge in [-0.05, 0) is 95.9 Å². The van der Waals surface area contributed by atoms with Gasteiger partial charge in [0, 0.05) is 14.4 Å². The number of fused-ring (bicyclic) bond motifs is 3. The summed E-state index contributed by atoms with van der Waals surface area (Å²) in [5.41, 5.74) is 6.15. The van der Waals surface area contributed by atoms with Gasteiger partial charge in [0.2, 0.25) is 0 Å². The smallest absolute Gasteiger partial charge is 0.0216 e. The number of hydrogen-bond donors (Lipinski definition) is 0. The van der Waals surface area contributed by atoms with Crippen molar-refractivity contribution in [1.29, 1.82) is 0 Å². The minimum absolute atomic E-state index is 0.122. The second-order valence-electron chi connectivity index (χ2n) is 12.4. The first-order chi connectivity index (χ1) is 16.6. The maximum atomic E-state index is 3.82. The van der Waals surface area contributed by atoms with E-state index in [9.17, 15) is 0 Å². The van der Waals surface area contributed by atoms with Crippen LogP contribution in [0, 0.1) is 23.7 Å². The van der Waals surface area contributed by atoms with Crippen molar-refractivity contribution in [1.82, 2.24) is 0 Å². The normalized spacial score (nSPS) is 15.9. The van der Waals surface area contributed by atoms with Crippen LogP contribution in [0.4, 0.5) is 0 Å². The van der Waals surface area contributed by atoms with E-state index in [2.05, 4.69) is 110 Å². The largest absolute Gasteiger partial charge is 0.0628 e. The average Bonchev–Trinajstić information content (AvgIpc) is 3.04. The Morgan fingerprint density at radius 3 is 1.34 bits per heavy atom. The second-order valence-corrected chi connectivity index (χ2v) is 14.2. The number of benzene rings is 2. The number of hydrogen-bond acceptors (Lipinski definition) is 0. The lowest BCUT2D eigenvalue weighted by atomic mass is 9.69. The lowest BCUT2D eigenvalue weighted by molar-refractivity contribution is 0.327. The molecule has 1 aliphatic rings. The SMILES string of the molecule is CC(C)CCC[C@@H](C)CCC1(CC[C@@H](C)CCCC(C)C)c2cc(Br)ccc2-c2ccc(Br)cc21. The molecule has 0 saturated heterocycles. The summed E-state index contributed by atoms with van der Waals surface area (Å²) in [4.78, 5) is 0. The fourth-order valence-electron chi connectivity index (χ4n) is 6.13. The summed E-state index contributed by atoms with van der Waals surface area (Å²) in [5.74, 6) is 3.19. The summed E-state index contributed by atoms with van der Waals surface area (Å²) in [6, 6.07) is 14.0. The van der Waals surface area contributed by atoms with Gasteiger partial charge in [-0.1, -0.05) is 124 Å². The van der Waals surface area contributed by atoms with Crippen LogP contribution in [0.15, 0.2) is 45.3 Å². The quantitative estimate of drug-likeness (QED) is 0.201. The lowest BCUT2D eigenvalue weighted by Gasteiger charge is -2.35. The van der Waals surface area contributed by atoms with Crippen molar-refractivity contribution in [3.05, 3.63) is 56.5 Å². The van der Waals surface area contributed by atoms with Crippen molar-refractivity contribution in [2.45, 2.75) is 111 Å². The molecule has 1 aliphatic carbocycles. The molecule has 0 nitrogen and oxygen atoms in total. The molecule has 2 heteroatoms. The van der Waals surface area contributed by atoms with Gasteiger partial charge in [0.05, 0.1) is 0 Å². The van der Waals surface area contributed by atoms with E-state index >= 15 is 0 Å². The molecule has 3 rings (SSSR count). The first-order valence-corrected chi connectivity index (χ1v) is 15.8. The fourth-order valence-corrected chi connectivity index (χ4v) is 6.85. The highest BCUT2D eigenvalue weighted by atomic mass is 79.9. The third-order valence-corrected chi connectivity index (χ3v) is 9.36. The highest BCUT2D eigenvalue weighted by Crippen LogP contribution is 2.55. The van der Waals surface area contributed by atoms with Crippen molar-refractivity contribution in [2.24, 2.45) is 23.7 Å². The van der Waals surface area contributed by atoms with Gasteiger partial charge in [0.15, 0.2) is 0 Å². The summed E-state index contributed by atoms with van der Waals surface area (Å²) in [7, 11) is 0. The van der Waals surface area contributed by atoms with E-state index in [4.69, 9.17) is 0 Å². The van der Waals surface area contributed by atoms with E-state index in [0.29, 0.717) is 0 Å². The molecule has 0 aliphatic heterocycles. The molecule has 0 aromatic heterocycles. The van der Waals surface area contributed by atoms with Gasteiger partial charge in [-0.3, -0.25) is 0 Å². The van der Waals surface area contributed by atoms with Gasteiger partial charge in [-0.15, -0.1) is 0 Å². The molecule has 2 aromatic rings. The first kappa shape index (κ1) is 29.0. The minimum Gasteiger partial charge on any atom is -0.0628 e. The van der Waals surface area contributed by atoms with Crippen molar-refractivity contribution in [3.8, 4) is 11.1 Å². The van der Waals surface area contributed by atoms with Crippen molar-refractivity contribution in [2.75, 3.05) is 0 Å². The maximum absolute atomic E-state index is 3.82. The third-order valence-electron chi connectivity index (χ3n) is 8.37. The molecule has 2 aromatic carbocycles. The van der Waals surface area contributed by atoms with Crippen molar-refractivity contribution < 1.29 is 0 Å². The first-order valence-electron chi connectivity index (χ1n) is 14.2. The molecule has 0 N–H and O–H groups in total. The monoisotopic (exact) mass is 602 g/mol. The fraction of sp³-hybridized carbons (Fsp3) is 0.636. The van der Waals surface area contributed by atoms with Crippen LogP contribution in [0.1, 0.15) is 117 Å². The van der Waals surface area contributed by atoms with Crippen molar-refractivity contribution in [3.63, 3.8) is 0 Å². The average molecular weight is 605 g/mol. The molecule has 35 heavy (non-hydrogen) atoms. The van der Waals surface area contributed by atoms with E-state index in [1.165, 1.54) is 84.3 Å². The Bertz CT molecular complexity index is 865. The zero-order valence-corrected chi connectivity index (χ0v) is 26.3. The summed E-state index contributed by atoms with van der Waals surface area (Å²) < 4.78 is 2.42. The highest BCUT2D eigenvalue weighted by molar-refractivity contribution is 9.10. The van der Waals surface area contributed by atoms with Gasteiger partial charge in [-0.25, -0.2) is 0 Å². The zero-order valence-electron chi connectivity index (χ0n) is 23.1. The van der Waals surface area contributed by atoms with E-state index in [1.807, 2.05) is 0 Å². The number of rotatable bonds is 14. The Morgan fingerprint density at radius 1 is 0.571 bits per heavy atom. The van der Waals surface area contributed by atoms with Crippen LogP contribution in [0.25, 0.3) is 11.1 Å². The molecule has 0 saturated carbocycles. The number of halogens is 2. The lowest BCUT2D eigenvalue weighted by Crippen LogP contribution is -2.27. The molecule has 0 amide bonds. The Kier molecular flexibility index (Phi) is 11.0. The minimum atomic E-state index is 0.122. The molecular weight excluding hydrogens is 556 g/mol. The standard InChI is InChI=1S/C33H48Br2/c1-23(2)9-7-11-25(5)17-19-33(20-18-26(6)12-8-10-24(3)4)31-21-27(34)13-15-29(31)30-16-14-28(35)22-32(30)33/h13-16,21-26H,7-12,17-20H2,1-6H3/t25-,26+. The molecule has 0 bridgehead atoms. The van der Waals surface area contributed by atoms with Gasteiger partial charge in [0.25, 0.3) is 0 Å².